The highest BCUT2D eigenvalue weighted by Crippen LogP contribution is 2.24. The van der Waals surface area contributed by atoms with Gasteiger partial charge in [0.2, 0.25) is 0 Å². The van der Waals surface area contributed by atoms with Crippen LogP contribution in [0.1, 0.15) is 36.9 Å². The van der Waals surface area contributed by atoms with Crippen molar-refractivity contribution in [1.29, 1.82) is 0 Å². The van der Waals surface area contributed by atoms with Gasteiger partial charge in [0.25, 0.3) is 0 Å². The Morgan fingerprint density at radius 2 is 2.10 bits per heavy atom. The molecule has 1 atom stereocenters. The van der Waals surface area contributed by atoms with E-state index >= 15 is 0 Å². The normalized spacial score (nSPS) is 18.6. The average Bonchev–Trinajstić information content (AvgIpc) is 2.46. The first kappa shape index (κ1) is 15.2. The quantitative estimate of drug-likeness (QED) is 0.867. The van der Waals surface area contributed by atoms with Crippen LogP contribution in [0.3, 0.4) is 0 Å². The van der Waals surface area contributed by atoms with E-state index in [-0.39, 0.29) is 23.3 Å². The van der Waals surface area contributed by atoms with Gasteiger partial charge < -0.3 is 5.32 Å². The third-order valence-corrected chi connectivity index (χ3v) is 5.54. The molecule has 1 aromatic rings. The molecule has 2 rings (SSSR count). The zero-order valence-corrected chi connectivity index (χ0v) is 12.6. The molecule has 0 aliphatic carbocycles. The number of Topliss-reactive ketones (excluding diaryl/α,β-unsaturated/α-hetero) is 1. The van der Waals surface area contributed by atoms with E-state index in [4.69, 9.17) is 0 Å². The van der Waals surface area contributed by atoms with E-state index in [0.717, 1.165) is 18.5 Å². The van der Waals surface area contributed by atoms with Crippen molar-refractivity contribution in [1.82, 2.24) is 5.32 Å². The Hall–Kier alpha value is -1.20. The Bertz CT molecular complexity index is 581. The maximum absolute atomic E-state index is 12.3. The van der Waals surface area contributed by atoms with Crippen LogP contribution in [0.25, 0.3) is 0 Å². The molecule has 0 aromatic heterocycles. The number of fused-ring (bicyclic) bond motifs is 1. The van der Waals surface area contributed by atoms with Gasteiger partial charge in [0.1, 0.15) is 9.84 Å². The lowest BCUT2D eigenvalue weighted by Gasteiger charge is -2.25. The molecule has 110 valence electrons. The van der Waals surface area contributed by atoms with Crippen molar-refractivity contribution in [3.8, 4) is 0 Å². The Kier molecular flexibility index (Phi) is 4.94. The summed E-state index contributed by atoms with van der Waals surface area (Å²) < 4.78 is 22.9. The van der Waals surface area contributed by atoms with Gasteiger partial charge in [-0.25, -0.2) is 8.42 Å². The van der Waals surface area contributed by atoms with E-state index in [1.165, 1.54) is 5.56 Å². The summed E-state index contributed by atoms with van der Waals surface area (Å²) >= 11 is 0. The maximum Gasteiger partial charge on any atom is 0.154 e. The van der Waals surface area contributed by atoms with Crippen LogP contribution >= 0.6 is 0 Å². The SMILES string of the molecule is CCS(=O)(=O)CCCC(=O)C1NCCc2ccccc21. The first-order valence-corrected chi connectivity index (χ1v) is 8.90. The van der Waals surface area contributed by atoms with Crippen molar-refractivity contribution >= 4 is 15.6 Å². The van der Waals surface area contributed by atoms with Crippen LogP contribution in [0.5, 0.6) is 0 Å². The van der Waals surface area contributed by atoms with E-state index < -0.39 is 9.84 Å². The van der Waals surface area contributed by atoms with Gasteiger partial charge in [-0.05, 0) is 24.0 Å². The monoisotopic (exact) mass is 295 g/mol. The molecular weight excluding hydrogens is 274 g/mol. The number of rotatable bonds is 6. The molecule has 1 aromatic carbocycles. The van der Waals surface area contributed by atoms with Crippen molar-refractivity contribution in [3.63, 3.8) is 0 Å². The predicted octanol–water partition coefficient (Wildman–Crippen LogP) is 1.66. The average molecular weight is 295 g/mol. The van der Waals surface area contributed by atoms with Crippen LogP contribution in [-0.2, 0) is 21.1 Å². The van der Waals surface area contributed by atoms with Gasteiger partial charge in [-0.2, -0.15) is 0 Å². The maximum atomic E-state index is 12.3. The number of carbonyl (C=O) groups excluding carboxylic acids is 1. The van der Waals surface area contributed by atoms with E-state index in [1.807, 2.05) is 18.2 Å². The number of nitrogens with one attached hydrogen (secondary N) is 1. The molecule has 1 N–H and O–H groups in total. The molecule has 1 aliphatic heterocycles. The van der Waals surface area contributed by atoms with Gasteiger partial charge in [0.15, 0.2) is 5.78 Å². The molecule has 20 heavy (non-hydrogen) atoms. The van der Waals surface area contributed by atoms with Crippen LogP contribution in [-0.4, -0.2) is 32.3 Å². The molecule has 0 amide bonds. The topological polar surface area (TPSA) is 63.2 Å². The van der Waals surface area contributed by atoms with Crippen molar-refractivity contribution in [2.24, 2.45) is 0 Å². The second kappa shape index (κ2) is 6.50. The van der Waals surface area contributed by atoms with Crippen molar-refractivity contribution in [3.05, 3.63) is 35.4 Å². The molecule has 0 bridgehead atoms. The molecule has 0 saturated heterocycles. The summed E-state index contributed by atoms with van der Waals surface area (Å²) in [6, 6.07) is 7.68. The van der Waals surface area contributed by atoms with Crippen LogP contribution in [0, 0.1) is 0 Å². The summed E-state index contributed by atoms with van der Waals surface area (Å²) in [5.41, 5.74) is 2.26. The van der Waals surface area contributed by atoms with Gasteiger partial charge in [-0.1, -0.05) is 31.2 Å². The predicted molar refractivity (Wildman–Crippen MR) is 79.5 cm³/mol. The van der Waals surface area contributed by atoms with Crippen molar-refractivity contribution in [2.45, 2.75) is 32.2 Å². The summed E-state index contributed by atoms with van der Waals surface area (Å²) in [6.07, 6.45) is 1.66. The summed E-state index contributed by atoms with van der Waals surface area (Å²) in [5, 5.41) is 3.24. The summed E-state index contributed by atoms with van der Waals surface area (Å²) in [6.45, 7) is 2.43. The molecule has 0 saturated carbocycles. The molecule has 1 heterocycles. The smallest absolute Gasteiger partial charge is 0.154 e. The minimum atomic E-state index is -2.98. The van der Waals surface area contributed by atoms with Gasteiger partial charge in [0.05, 0.1) is 11.8 Å². The number of sulfone groups is 1. The molecule has 5 heteroatoms. The number of ketones is 1. The first-order chi connectivity index (χ1) is 9.53. The number of hydrogen-bond donors (Lipinski definition) is 1. The molecule has 0 radical (unpaired) electrons. The van der Waals surface area contributed by atoms with Gasteiger partial charge in [0, 0.05) is 18.7 Å². The zero-order chi connectivity index (χ0) is 14.6. The Morgan fingerprint density at radius 3 is 2.85 bits per heavy atom. The second-order valence-electron chi connectivity index (χ2n) is 5.14. The van der Waals surface area contributed by atoms with Crippen molar-refractivity contribution < 1.29 is 13.2 Å². The van der Waals surface area contributed by atoms with Gasteiger partial charge >= 0.3 is 0 Å². The Morgan fingerprint density at radius 1 is 1.35 bits per heavy atom. The molecule has 0 fully saturated rings. The van der Waals surface area contributed by atoms with E-state index in [1.54, 1.807) is 6.92 Å². The van der Waals surface area contributed by atoms with Crippen molar-refractivity contribution in [2.75, 3.05) is 18.1 Å². The Balaban J connectivity index is 1.97. The largest absolute Gasteiger partial charge is 0.303 e. The summed E-state index contributed by atoms with van der Waals surface area (Å²) in [4.78, 5) is 12.3. The highest BCUT2D eigenvalue weighted by molar-refractivity contribution is 7.91. The third-order valence-electron chi connectivity index (χ3n) is 3.75. The van der Waals surface area contributed by atoms with Crippen LogP contribution < -0.4 is 5.32 Å². The minimum Gasteiger partial charge on any atom is -0.303 e. The lowest BCUT2D eigenvalue weighted by atomic mass is 9.91. The molecule has 1 aliphatic rings. The van der Waals surface area contributed by atoms with Crippen LogP contribution in [0.15, 0.2) is 24.3 Å². The molecular formula is C15H21NO3S. The fraction of sp³-hybridized carbons (Fsp3) is 0.533. The first-order valence-electron chi connectivity index (χ1n) is 7.08. The number of benzene rings is 1. The fourth-order valence-electron chi connectivity index (χ4n) is 2.55. The highest BCUT2D eigenvalue weighted by Gasteiger charge is 2.25. The highest BCUT2D eigenvalue weighted by atomic mass is 32.2. The van der Waals surface area contributed by atoms with Gasteiger partial charge in [-0.15, -0.1) is 0 Å². The van der Waals surface area contributed by atoms with Crippen LogP contribution in [0.2, 0.25) is 0 Å². The molecule has 4 nitrogen and oxygen atoms in total. The third kappa shape index (κ3) is 3.67. The van der Waals surface area contributed by atoms with E-state index in [2.05, 4.69) is 11.4 Å². The number of hydrogen-bond acceptors (Lipinski definition) is 4. The zero-order valence-electron chi connectivity index (χ0n) is 11.8. The molecule has 1 unspecified atom stereocenters. The summed E-state index contributed by atoms with van der Waals surface area (Å²) in [7, 11) is -2.98. The standard InChI is InChI=1S/C15H21NO3S/c1-2-20(18,19)11-5-8-14(17)15-13-7-4-3-6-12(13)9-10-16-15/h3-4,6-7,15-16H,2,5,8-11H2,1H3. The van der Waals surface area contributed by atoms with Gasteiger partial charge in [-0.3, -0.25) is 4.79 Å². The minimum absolute atomic E-state index is 0.0865. The van der Waals surface area contributed by atoms with E-state index in [9.17, 15) is 13.2 Å². The summed E-state index contributed by atoms with van der Waals surface area (Å²) in [5.74, 6) is 0.332. The van der Waals surface area contributed by atoms with Crippen LogP contribution in [0.4, 0.5) is 0 Å². The lowest BCUT2D eigenvalue weighted by Crippen LogP contribution is -2.35. The second-order valence-corrected chi connectivity index (χ2v) is 7.61. The lowest BCUT2D eigenvalue weighted by molar-refractivity contribution is -0.121. The fourth-order valence-corrected chi connectivity index (χ4v) is 3.42. The number of carbonyl (C=O) groups is 1. The molecule has 0 spiro atoms. The Labute approximate surface area is 120 Å². The van der Waals surface area contributed by atoms with E-state index in [0.29, 0.717) is 12.8 Å².